The van der Waals surface area contributed by atoms with Gasteiger partial charge in [-0.2, -0.15) is 0 Å². The molecule has 0 aliphatic carbocycles. The molecule has 0 bridgehead atoms. The van der Waals surface area contributed by atoms with E-state index in [1.807, 2.05) is 4.90 Å². The minimum absolute atomic E-state index is 0.108. The lowest BCUT2D eigenvalue weighted by molar-refractivity contribution is -0.130. The summed E-state index contributed by atoms with van der Waals surface area (Å²) < 4.78 is 5.96. The van der Waals surface area contributed by atoms with E-state index in [0.717, 1.165) is 70.9 Å². The molecule has 1 aromatic carbocycles. The number of carbonyl (C=O) groups excluding carboxylic acids is 1. The Morgan fingerprint density at radius 2 is 1.93 bits per heavy atom. The lowest BCUT2D eigenvalue weighted by Crippen LogP contribution is -2.60. The number of amides is 1. The molecule has 2 saturated heterocycles. The maximum Gasteiger partial charge on any atom is 0.222 e. The van der Waals surface area contributed by atoms with E-state index in [2.05, 4.69) is 55.0 Å². The molecule has 0 saturated carbocycles. The topological polar surface area (TPSA) is 36.0 Å². The third-order valence-electron chi connectivity index (χ3n) is 6.29. The lowest BCUT2D eigenvalue weighted by atomic mass is 9.86. The molecule has 0 aromatic heterocycles. The first-order valence-electron chi connectivity index (χ1n) is 10.5. The second-order valence-corrected chi connectivity index (χ2v) is 8.04. The molecule has 150 valence electrons. The number of likely N-dealkylation sites (N-methyl/N-ethyl adjacent to an activating group) is 1. The van der Waals surface area contributed by atoms with E-state index in [4.69, 9.17) is 4.74 Å². The van der Waals surface area contributed by atoms with Gasteiger partial charge in [-0.25, -0.2) is 0 Å². The van der Waals surface area contributed by atoms with Gasteiger partial charge in [-0.1, -0.05) is 25.1 Å². The Labute approximate surface area is 164 Å². The van der Waals surface area contributed by atoms with Crippen molar-refractivity contribution >= 4 is 5.91 Å². The number of para-hydroxylation sites is 1. The zero-order chi connectivity index (χ0) is 19.3. The minimum atomic E-state index is 0.108. The summed E-state index contributed by atoms with van der Waals surface area (Å²) in [6, 6.07) is 8.42. The number of likely N-dealkylation sites (tertiary alicyclic amines) is 1. The van der Waals surface area contributed by atoms with Gasteiger partial charge < -0.3 is 9.64 Å². The first kappa shape index (κ1) is 20.2. The molecule has 1 aromatic rings. The fourth-order valence-corrected chi connectivity index (χ4v) is 4.47. The number of nitrogens with zero attached hydrogens (tertiary/aromatic N) is 3. The largest absolute Gasteiger partial charge is 0.493 e. The number of hydrogen-bond acceptors (Lipinski definition) is 4. The standard InChI is InChI=1S/C22H35N3O2/c1-4-16-27-20-9-7-6-8-19(20)17-24-15-14-23(3)22(18-24)11-10-21(26)25(5-2)13-12-22/h6-9H,4-5,10-18H2,1-3H3/t22-/m0/s1. The van der Waals surface area contributed by atoms with Crippen LogP contribution in [0.1, 0.15) is 45.1 Å². The molecule has 0 N–H and O–H groups in total. The van der Waals surface area contributed by atoms with E-state index in [1.165, 1.54) is 5.56 Å². The minimum Gasteiger partial charge on any atom is -0.493 e. The number of piperazine rings is 1. The Hall–Kier alpha value is -1.59. The summed E-state index contributed by atoms with van der Waals surface area (Å²) in [7, 11) is 2.24. The summed E-state index contributed by atoms with van der Waals surface area (Å²) in [5.41, 5.74) is 1.38. The zero-order valence-electron chi connectivity index (χ0n) is 17.2. The Morgan fingerprint density at radius 1 is 1.11 bits per heavy atom. The molecule has 0 radical (unpaired) electrons. The van der Waals surface area contributed by atoms with Crippen molar-refractivity contribution in [2.24, 2.45) is 0 Å². The van der Waals surface area contributed by atoms with Crippen LogP contribution in [0.3, 0.4) is 0 Å². The van der Waals surface area contributed by atoms with E-state index >= 15 is 0 Å². The maximum absolute atomic E-state index is 12.4. The van der Waals surface area contributed by atoms with Gasteiger partial charge in [-0.05, 0) is 39.3 Å². The number of rotatable bonds is 6. The Bertz CT molecular complexity index is 636. The van der Waals surface area contributed by atoms with Crippen molar-refractivity contribution in [3.05, 3.63) is 29.8 Å². The van der Waals surface area contributed by atoms with Gasteiger partial charge in [0.15, 0.2) is 0 Å². The molecule has 5 heteroatoms. The van der Waals surface area contributed by atoms with Crippen molar-refractivity contribution < 1.29 is 9.53 Å². The number of hydrogen-bond donors (Lipinski definition) is 0. The van der Waals surface area contributed by atoms with Crippen LogP contribution in [0.5, 0.6) is 5.75 Å². The Morgan fingerprint density at radius 3 is 2.70 bits per heavy atom. The Balaban J connectivity index is 1.71. The van der Waals surface area contributed by atoms with Gasteiger partial charge in [0.1, 0.15) is 5.75 Å². The quantitative estimate of drug-likeness (QED) is 0.768. The van der Waals surface area contributed by atoms with Crippen molar-refractivity contribution in [3.63, 3.8) is 0 Å². The molecule has 1 amide bonds. The molecule has 2 heterocycles. The fourth-order valence-electron chi connectivity index (χ4n) is 4.47. The first-order valence-corrected chi connectivity index (χ1v) is 10.5. The predicted octanol–water partition coefficient (Wildman–Crippen LogP) is 2.99. The van der Waals surface area contributed by atoms with Crippen LogP contribution in [0.25, 0.3) is 0 Å². The fraction of sp³-hybridized carbons (Fsp3) is 0.682. The smallest absolute Gasteiger partial charge is 0.222 e. The maximum atomic E-state index is 12.4. The lowest BCUT2D eigenvalue weighted by Gasteiger charge is -2.49. The van der Waals surface area contributed by atoms with Crippen LogP contribution in [-0.2, 0) is 11.3 Å². The van der Waals surface area contributed by atoms with Crippen molar-refractivity contribution in [1.29, 1.82) is 0 Å². The van der Waals surface area contributed by atoms with Crippen molar-refractivity contribution in [2.75, 3.05) is 46.4 Å². The first-order chi connectivity index (χ1) is 13.1. The molecule has 2 fully saturated rings. The second kappa shape index (κ2) is 9.07. The molecule has 1 atom stereocenters. The van der Waals surface area contributed by atoms with Crippen molar-refractivity contribution in [1.82, 2.24) is 14.7 Å². The van der Waals surface area contributed by atoms with E-state index in [0.29, 0.717) is 12.3 Å². The van der Waals surface area contributed by atoms with Crippen LogP contribution in [0.4, 0.5) is 0 Å². The second-order valence-electron chi connectivity index (χ2n) is 8.04. The molecule has 1 spiro atoms. The van der Waals surface area contributed by atoms with Crippen molar-refractivity contribution in [2.45, 2.75) is 51.6 Å². The third kappa shape index (κ3) is 4.64. The van der Waals surface area contributed by atoms with Gasteiger partial charge in [0.05, 0.1) is 6.61 Å². The molecular weight excluding hydrogens is 338 g/mol. The van der Waals surface area contributed by atoms with E-state index < -0.39 is 0 Å². The summed E-state index contributed by atoms with van der Waals surface area (Å²) in [4.78, 5) is 19.5. The van der Waals surface area contributed by atoms with E-state index in [-0.39, 0.29) is 5.54 Å². The molecule has 27 heavy (non-hydrogen) atoms. The van der Waals surface area contributed by atoms with Crippen LogP contribution in [0.15, 0.2) is 24.3 Å². The number of carbonyl (C=O) groups is 1. The average Bonchev–Trinajstić information content (AvgIpc) is 2.84. The highest BCUT2D eigenvalue weighted by Gasteiger charge is 2.42. The monoisotopic (exact) mass is 373 g/mol. The SMILES string of the molecule is CCCOc1ccccc1CN1CCN(C)[C@]2(CCC(=O)N(CC)CC2)C1. The summed E-state index contributed by atoms with van der Waals surface area (Å²) in [6.07, 6.45) is 3.72. The van der Waals surface area contributed by atoms with E-state index in [9.17, 15) is 4.79 Å². The molecular formula is C22H35N3O2. The van der Waals surface area contributed by atoms with Crippen LogP contribution < -0.4 is 4.74 Å². The van der Waals surface area contributed by atoms with Crippen LogP contribution in [0, 0.1) is 0 Å². The van der Waals surface area contributed by atoms with Crippen molar-refractivity contribution in [3.8, 4) is 5.75 Å². The van der Waals surface area contributed by atoms with Crippen LogP contribution in [-0.4, -0.2) is 72.5 Å². The summed E-state index contributed by atoms with van der Waals surface area (Å²) >= 11 is 0. The summed E-state index contributed by atoms with van der Waals surface area (Å²) in [6.45, 7) is 10.7. The zero-order valence-corrected chi connectivity index (χ0v) is 17.2. The summed E-state index contributed by atoms with van der Waals surface area (Å²) in [5.74, 6) is 1.33. The van der Waals surface area contributed by atoms with Gasteiger partial charge in [0.2, 0.25) is 5.91 Å². The summed E-state index contributed by atoms with van der Waals surface area (Å²) in [5, 5.41) is 0. The van der Waals surface area contributed by atoms with Gasteiger partial charge in [0, 0.05) is 56.8 Å². The average molecular weight is 374 g/mol. The van der Waals surface area contributed by atoms with Crippen LogP contribution >= 0.6 is 0 Å². The highest BCUT2D eigenvalue weighted by molar-refractivity contribution is 5.76. The molecule has 2 aliphatic heterocycles. The van der Waals surface area contributed by atoms with Gasteiger partial charge in [0.25, 0.3) is 0 Å². The van der Waals surface area contributed by atoms with E-state index in [1.54, 1.807) is 0 Å². The van der Waals surface area contributed by atoms with Gasteiger partial charge in [-0.15, -0.1) is 0 Å². The molecule has 2 aliphatic rings. The Kier molecular flexibility index (Phi) is 6.77. The highest BCUT2D eigenvalue weighted by Crippen LogP contribution is 2.33. The highest BCUT2D eigenvalue weighted by atomic mass is 16.5. The predicted molar refractivity (Wildman–Crippen MR) is 109 cm³/mol. The number of benzene rings is 1. The molecule has 5 nitrogen and oxygen atoms in total. The number of ether oxygens (including phenoxy) is 1. The van der Waals surface area contributed by atoms with Gasteiger partial charge in [-0.3, -0.25) is 14.6 Å². The molecule has 3 rings (SSSR count). The van der Waals surface area contributed by atoms with Gasteiger partial charge >= 0.3 is 0 Å². The molecule has 0 unspecified atom stereocenters. The van der Waals surface area contributed by atoms with Crippen LogP contribution in [0.2, 0.25) is 0 Å². The third-order valence-corrected chi connectivity index (χ3v) is 6.29. The normalized spacial score (nSPS) is 25.0.